The quantitative estimate of drug-likeness (QED) is 0.801. The predicted molar refractivity (Wildman–Crippen MR) is 81.1 cm³/mol. The summed E-state index contributed by atoms with van der Waals surface area (Å²) < 4.78 is 0. The molecule has 1 aromatic heterocycles. The molecule has 0 amide bonds. The van der Waals surface area contributed by atoms with Crippen molar-refractivity contribution in [3.05, 3.63) is 29.6 Å². The summed E-state index contributed by atoms with van der Waals surface area (Å²) in [6, 6.07) is 2.85. The van der Waals surface area contributed by atoms with Crippen LogP contribution in [0.25, 0.3) is 0 Å². The maximum Gasteiger partial charge on any atom is 0.0300 e. The van der Waals surface area contributed by atoms with Crippen molar-refractivity contribution in [3.63, 3.8) is 0 Å². The molecule has 0 radical (unpaired) electrons. The fourth-order valence-corrected chi connectivity index (χ4v) is 3.23. The molecule has 1 fully saturated rings. The summed E-state index contributed by atoms with van der Waals surface area (Å²) in [7, 11) is 0. The summed E-state index contributed by atoms with van der Waals surface area (Å²) in [5.41, 5.74) is 2.69. The van der Waals surface area contributed by atoms with Gasteiger partial charge in [0, 0.05) is 25.0 Å². The smallest absolute Gasteiger partial charge is 0.0300 e. The average Bonchev–Trinajstić information content (AvgIpc) is 2.64. The van der Waals surface area contributed by atoms with Crippen LogP contribution in [0.2, 0.25) is 0 Å². The molecule has 106 valence electrons. The maximum atomic E-state index is 4.16. The minimum atomic E-state index is 0.717. The van der Waals surface area contributed by atoms with E-state index >= 15 is 0 Å². The minimum absolute atomic E-state index is 0.717. The average molecular weight is 260 g/mol. The second-order valence-electron chi connectivity index (χ2n) is 6.04. The summed E-state index contributed by atoms with van der Waals surface area (Å²) in [6.07, 6.45) is 13.6. The molecule has 2 unspecified atom stereocenters. The number of rotatable bonds is 5. The molecular weight excluding hydrogens is 232 g/mol. The molecule has 0 bridgehead atoms. The van der Waals surface area contributed by atoms with E-state index in [9.17, 15) is 0 Å². The van der Waals surface area contributed by atoms with Crippen LogP contribution in [0, 0.1) is 12.8 Å². The molecule has 1 aliphatic rings. The Morgan fingerprint density at radius 3 is 2.95 bits per heavy atom. The molecule has 2 rings (SSSR count). The Labute approximate surface area is 118 Å². The lowest BCUT2D eigenvalue weighted by Crippen LogP contribution is -2.28. The molecule has 0 aromatic carbocycles. The van der Waals surface area contributed by atoms with E-state index in [1.807, 2.05) is 12.4 Å². The van der Waals surface area contributed by atoms with Crippen LogP contribution in [-0.2, 0) is 6.54 Å². The van der Waals surface area contributed by atoms with Gasteiger partial charge in [0.15, 0.2) is 0 Å². The van der Waals surface area contributed by atoms with Crippen molar-refractivity contribution in [1.82, 2.24) is 10.3 Å². The number of pyridine rings is 1. The Morgan fingerprint density at radius 1 is 1.26 bits per heavy atom. The van der Waals surface area contributed by atoms with Crippen molar-refractivity contribution in [1.29, 1.82) is 0 Å². The van der Waals surface area contributed by atoms with Gasteiger partial charge in [-0.2, -0.15) is 0 Å². The van der Waals surface area contributed by atoms with Crippen LogP contribution in [0.3, 0.4) is 0 Å². The van der Waals surface area contributed by atoms with Crippen LogP contribution in [0.1, 0.15) is 63.0 Å². The lowest BCUT2D eigenvalue weighted by Gasteiger charge is -2.17. The van der Waals surface area contributed by atoms with Crippen LogP contribution >= 0.6 is 0 Å². The van der Waals surface area contributed by atoms with Gasteiger partial charge in [-0.1, -0.05) is 32.6 Å². The zero-order valence-corrected chi connectivity index (χ0v) is 12.5. The van der Waals surface area contributed by atoms with E-state index in [0.717, 1.165) is 18.5 Å². The Hall–Kier alpha value is -0.890. The maximum absolute atomic E-state index is 4.16. The predicted octanol–water partition coefficient (Wildman–Crippen LogP) is 4.23. The van der Waals surface area contributed by atoms with Crippen molar-refractivity contribution >= 4 is 0 Å². The van der Waals surface area contributed by atoms with Gasteiger partial charge in [-0.3, -0.25) is 4.98 Å². The number of aryl methyl sites for hydroxylation is 1. The van der Waals surface area contributed by atoms with Crippen molar-refractivity contribution < 1.29 is 0 Å². The largest absolute Gasteiger partial charge is 0.310 e. The van der Waals surface area contributed by atoms with Gasteiger partial charge < -0.3 is 5.32 Å². The monoisotopic (exact) mass is 260 g/mol. The minimum Gasteiger partial charge on any atom is -0.310 e. The molecule has 1 aliphatic carbocycles. The van der Waals surface area contributed by atoms with Crippen LogP contribution in [0.4, 0.5) is 0 Å². The Balaban J connectivity index is 1.79. The first kappa shape index (κ1) is 14.5. The van der Waals surface area contributed by atoms with Gasteiger partial charge in [0.05, 0.1) is 0 Å². The van der Waals surface area contributed by atoms with E-state index in [1.54, 1.807) is 0 Å². The first-order valence-corrected chi connectivity index (χ1v) is 7.92. The molecule has 2 nitrogen and oxygen atoms in total. The zero-order chi connectivity index (χ0) is 13.5. The Bertz CT molecular complexity index is 375. The SMILES string of the molecule is CCCC1CCCC(NCc2ccncc2C)CC1. The third-order valence-corrected chi connectivity index (χ3v) is 4.50. The standard InChI is InChI=1S/C17H28N2/c1-3-5-15-6-4-7-17(9-8-15)19-13-16-10-11-18-12-14(16)2/h10-12,15,17,19H,3-9,13H2,1-2H3. The number of nitrogens with zero attached hydrogens (tertiary/aromatic N) is 1. The first-order chi connectivity index (χ1) is 9.29. The fourth-order valence-electron chi connectivity index (χ4n) is 3.23. The van der Waals surface area contributed by atoms with Gasteiger partial charge in [0.1, 0.15) is 0 Å². The highest BCUT2D eigenvalue weighted by Crippen LogP contribution is 2.26. The van der Waals surface area contributed by atoms with Gasteiger partial charge in [-0.05, 0) is 49.3 Å². The number of hydrogen-bond acceptors (Lipinski definition) is 2. The highest BCUT2D eigenvalue weighted by Gasteiger charge is 2.17. The van der Waals surface area contributed by atoms with Crippen molar-refractivity contribution in [2.75, 3.05) is 0 Å². The van der Waals surface area contributed by atoms with Crippen LogP contribution in [-0.4, -0.2) is 11.0 Å². The highest BCUT2D eigenvalue weighted by molar-refractivity contribution is 5.21. The van der Waals surface area contributed by atoms with E-state index in [1.165, 1.54) is 56.1 Å². The summed E-state index contributed by atoms with van der Waals surface area (Å²) >= 11 is 0. The number of aromatic nitrogens is 1. The summed E-state index contributed by atoms with van der Waals surface area (Å²) in [4.78, 5) is 4.16. The third-order valence-electron chi connectivity index (χ3n) is 4.50. The van der Waals surface area contributed by atoms with Crippen molar-refractivity contribution in [2.24, 2.45) is 5.92 Å². The van der Waals surface area contributed by atoms with Gasteiger partial charge in [0.2, 0.25) is 0 Å². The molecule has 1 heterocycles. The molecular formula is C17H28N2. The lowest BCUT2D eigenvalue weighted by atomic mass is 9.95. The van der Waals surface area contributed by atoms with Crippen LogP contribution < -0.4 is 5.32 Å². The topological polar surface area (TPSA) is 24.9 Å². The van der Waals surface area contributed by atoms with Crippen molar-refractivity contribution in [3.8, 4) is 0 Å². The summed E-state index contributed by atoms with van der Waals surface area (Å²) in [5.74, 6) is 0.986. The molecule has 1 saturated carbocycles. The molecule has 2 atom stereocenters. The molecule has 19 heavy (non-hydrogen) atoms. The Kier molecular flexibility index (Phi) is 5.84. The fraction of sp³-hybridized carbons (Fsp3) is 0.706. The van der Waals surface area contributed by atoms with Crippen molar-refractivity contribution in [2.45, 2.75) is 71.4 Å². The first-order valence-electron chi connectivity index (χ1n) is 7.92. The molecule has 0 saturated heterocycles. The second-order valence-corrected chi connectivity index (χ2v) is 6.04. The van der Waals surface area contributed by atoms with Gasteiger partial charge in [0.25, 0.3) is 0 Å². The zero-order valence-electron chi connectivity index (χ0n) is 12.5. The number of nitrogens with one attached hydrogen (secondary N) is 1. The Morgan fingerprint density at radius 2 is 2.16 bits per heavy atom. The van der Waals surface area contributed by atoms with Crippen LogP contribution in [0.15, 0.2) is 18.5 Å². The highest BCUT2D eigenvalue weighted by atomic mass is 14.9. The number of hydrogen-bond donors (Lipinski definition) is 1. The van der Waals surface area contributed by atoms with Gasteiger partial charge in [-0.15, -0.1) is 0 Å². The van der Waals surface area contributed by atoms with Crippen LogP contribution in [0.5, 0.6) is 0 Å². The molecule has 2 heteroatoms. The molecule has 0 spiro atoms. The van der Waals surface area contributed by atoms with Gasteiger partial charge >= 0.3 is 0 Å². The molecule has 0 aliphatic heterocycles. The van der Waals surface area contributed by atoms with E-state index in [-0.39, 0.29) is 0 Å². The van der Waals surface area contributed by atoms with E-state index in [0.29, 0.717) is 0 Å². The second kappa shape index (κ2) is 7.64. The normalized spacial score (nSPS) is 24.1. The lowest BCUT2D eigenvalue weighted by molar-refractivity contribution is 0.409. The van der Waals surface area contributed by atoms with E-state index < -0.39 is 0 Å². The van der Waals surface area contributed by atoms with E-state index in [2.05, 4.69) is 30.2 Å². The molecule has 1 N–H and O–H groups in total. The molecule has 1 aromatic rings. The summed E-state index contributed by atoms with van der Waals surface area (Å²) in [5, 5.41) is 3.75. The summed E-state index contributed by atoms with van der Waals surface area (Å²) in [6.45, 7) is 5.46. The van der Waals surface area contributed by atoms with Gasteiger partial charge in [-0.25, -0.2) is 0 Å². The third kappa shape index (κ3) is 4.61. The van der Waals surface area contributed by atoms with E-state index in [4.69, 9.17) is 0 Å².